The van der Waals surface area contributed by atoms with Crippen molar-refractivity contribution < 1.29 is 0 Å². The highest BCUT2D eigenvalue weighted by Crippen LogP contribution is 2.25. The van der Waals surface area contributed by atoms with Crippen LogP contribution in [0.1, 0.15) is 25.7 Å². The van der Waals surface area contributed by atoms with Crippen molar-refractivity contribution in [1.82, 2.24) is 10.2 Å². The van der Waals surface area contributed by atoms with Gasteiger partial charge in [-0.25, -0.2) is 4.99 Å². The number of nitrogens with zero attached hydrogens (tertiary/aromatic N) is 5. The lowest BCUT2D eigenvalue weighted by Gasteiger charge is -2.27. The molecule has 2 unspecified atom stereocenters. The summed E-state index contributed by atoms with van der Waals surface area (Å²) in [5, 5.41) is 20.0. The molecule has 0 aromatic carbocycles. The molecular weight excluding hydrogens is 256 g/mol. The minimum absolute atomic E-state index is 0.125. The summed E-state index contributed by atoms with van der Waals surface area (Å²) in [6, 6.07) is 0.125. The number of rotatable bonds is 3. The monoisotopic (exact) mass is 276 g/mol. The van der Waals surface area contributed by atoms with Crippen LogP contribution in [0.3, 0.4) is 0 Å². The normalized spacial score (nSPS) is 23.6. The van der Waals surface area contributed by atoms with Crippen molar-refractivity contribution in [2.45, 2.75) is 31.7 Å². The Bertz CT molecular complexity index is 455. The Morgan fingerprint density at radius 2 is 2.15 bits per heavy atom. The predicted molar refractivity (Wildman–Crippen MR) is 76.0 cm³/mol. The fourth-order valence-electron chi connectivity index (χ4n) is 2.23. The van der Waals surface area contributed by atoms with E-state index in [4.69, 9.17) is 22.0 Å². The van der Waals surface area contributed by atoms with E-state index in [1.54, 1.807) is 13.2 Å². The van der Waals surface area contributed by atoms with Crippen molar-refractivity contribution in [2.24, 2.45) is 27.4 Å². The fraction of sp³-hybridized carbons (Fsp3) is 0.667. The van der Waals surface area contributed by atoms with Gasteiger partial charge in [0.05, 0.1) is 6.04 Å². The maximum absolute atomic E-state index is 8.73. The van der Waals surface area contributed by atoms with E-state index in [0.29, 0.717) is 12.5 Å². The zero-order chi connectivity index (χ0) is 15.0. The molecule has 0 heterocycles. The van der Waals surface area contributed by atoms with E-state index in [1.807, 2.05) is 6.19 Å². The highest BCUT2D eigenvalue weighted by atomic mass is 15.2. The molecule has 0 saturated heterocycles. The van der Waals surface area contributed by atoms with Gasteiger partial charge in [0.2, 0.25) is 18.1 Å². The second kappa shape index (κ2) is 7.85. The second-order valence-electron chi connectivity index (χ2n) is 4.81. The van der Waals surface area contributed by atoms with Gasteiger partial charge in [-0.05, 0) is 25.2 Å². The van der Waals surface area contributed by atoms with E-state index in [1.165, 1.54) is 4.90 Å². The summed E-state index contributed by atoms with van der Waals surface area (Å²) in [6.45, 7) is 0.664. The van der Waals surface area contributed by atoms with Gasteiger partial charge in [0.25, 0.3) is 0 Å². The molecule has 20 heavy (non-hydrogen) atoms. The topological polar surface area (TPSA) is 140 Å². The molecule has 0 aromatic rings. The van der Waals surface area contributed by atoms with E-state index in [0.717, 1.165) is 25.7 Å². The third-order valence-electron chi connectivity index (χ3n) is 3.31. The Morgan fingerprint density at radius 3 is 2.80 bits per heavy atom. The molecule has 0 spiro atoms. The zero-order valence-electron chi connectivity index (χ0n) is 11.6. The molecule has 1 aliphatic rings. The van der Waals surface area contributed by atoms with E-state index < -0.39 is 0 Å². The first-order chi connectivity index (χ1) is 9.56. The van der Waals surface area contributed by atoms with E-state index >= 15 is 0 Å². The molecule has 0 amide bonds. The van der Waals surface area contributed by atoms with Crippen LogP contribution >= 0.6 is 0 Å². The third kappa shape index (κ3) is 5.02. The average molecular weight is 276 g/mol. The summed E-state index contributed by atoms with van der Waals surface area (Å²) < 4.78 is 0. The van der Waals surface area contributed by atoms with Crippen molar-refractivity contribution in [3.8, 4) is 12.4 Å². The Labute approximate surface area is 118 Å². The van der Waals surface area contributed by atoms with Gasteiger partial charge in [-0.2, -0.15) is 10.5 Å². The van der Waals surface area contributed by atoms with Gasteiger partial charge < -0.3 is 16.8 Å². The van der Waals surface area contributed by atoms with Gasteiger partial charge in [0.15, 0.2) is 6.19 Å². The standard InChI is InChI=1S/C12H20N8/c1-20(8-14)12(16)19-10-4-2-3-9(5-10)6-17-11(15)18-7-13/h9-10H,2-6H2,1H3,(H2,16,19)(H3,15,17,18). The SMILES string of the molecule is CN(C#N)C(N)=NC1CCCC(CNC(N)=NC#N)C1. The van der Waals surface area contributed by atoms with Crippen molar-refractivity contribution in [3.05, 3.63) is 0 Å². The summed E-state index contributed by atoms with van der Waals surface area (Å²) in [5.74, 6) is 0.795. The maximum atomic E-state index is 8.73. The van der Waals surface area contributed by atoms with Crippen LogP contribution in [-0.4, -0.2) is 36.5 Å². The number of aliphatic imine (C=N–C) groups is 2. The van der Waals surface area contributed by atoms with Crippen LogP contribution in [0.25, 0.3) is 0 Å². The quantitative estimate of drug-likeness (QED) is 0.279. The van der Waals surface area contributed by atoms with Gasteiger partial charge in [0.1, 0.15) is 0 Å². The lowest BCUT2D eigenvalue weighted by Crippen LogP contribution is -2.38. The molecule has 0 aromatic heterocycles. The van der Waals surface area contributed by atoms with Crippen molar-refractivity contribution in [1.29, 1.82) is 10.5 Å². The molecule has 1 rings (SSSR count). The Balaban J connectivity index is 2.49. The molecule has 0 radical (unpaired) electrons. The van der Waals surface area contributed by atoms with Gasteiger partial charge in [0, 0.05) is 13.6 Å². The second-order valence-corrected chi connectivity index (χ2v) is 4.81. The smallest absolute Gasteiger partial charge is 0.209 e. The molecular formula is C12H20N8. The van der Waals surface area contributed by atoms with Crippen LogP contribution in [0.4, 0.5) is 0 Å². The van der Waals surface area contributed by atoms with Crippen molar-refractivity contribution in [3.63, 3.8) is 0 Å². The molecule has 1 saturated carbocycles. The van der Waals surface area contributed by atoms with Crippen LogP contribution in [0.2, 0.25) is 0 Å². The van der Waals surface area contributed by atoms with Crippen LogP contribution in [0.15, 0.2) is 9.98 Å². The van der Waals surface area contributed by atoms with Gasteiger partial charge in [-0.15, -0.1) is 4.99 Å². The lowest BCUT2D eigenvalue weighted by molar-refractivity contribution is 0.321. The highest BCUT2D eigenvalue weighted by molar-refractivity contribution is 5.79. The molecule has 1 aliphatic carbocycles. The van der Waals surface area contributed by atoms with Crippen molar-refractivity contribution >= 4 is 11.9 Å². The van der Waals surface area contributed by atoms with Gasteiger partial charge >= 0.3 is 0 Å². The Hall–Kier alpha value is -2.48. The molecule has 0 aliphatic heterocycles. The first kappa shape index (κ1) is 15.6. The Morgan fingerprint density at radius 1 is 1.40 bits per heavy atom. The number of hydrogen-bond acceptors (Lipinski definition) is 4. The summed E-state index contributed by atoms with van der Waals surface area (Å²) >= 11 is 0. The van der Waals surface area contributed by atoms with E-state index in [-0.39, 0.29) is 18.0 Å². The molecule has 8 heteroatoms. The maximum Gasteiger partial charge on any atom is 0.209 e. The summed E-state index contributed by atoms with van der Waals surface area (Å²) in [4.78, 5) is 9.04. The Kier molecular flexibility index (Phi) is 6.11. The number of hydrogen-bond donors (Lipinski definition) is 3. The first-order valence-corrected chi connectivity index (χ1v) is 6.49. The molecule has 108 valence electrons. The summed E-state index contributed by atoms with van der Waals surface area (Å²) in [5.41, 5.74) is 11.2. The van der Waals surface area contributed by atoms with Gasteiger partial charge in [-0.3, -0.25) is 4.90 Å². The van der Waals surface area contributed by atoms with Crippen LogP contribution < -0.4 is 16.8 Å². The molecule has 5 N–H and O–H groups in total. The molecule has 1 fully saturated rings. The van der Waals surface area contributed by atoms with Crippen LogP contribution in [-0.2, 0) is 0 Å². The first-order valence-electron chi connectivity index (χ1n) is 6.49. The average Bonchev–Trinajstić information content (AvgIpc) is 2.45. The highest BCUT2D eigenvalue weighted by Gasteiger charge is 2.22. The fourth-order valence-corrected chi connectivity index (χ4v) is 2.23. The molecule has 8 nitrogen and oxygen atoms in total. The minimum atomic E-state index is 0.125. The van der Waals surface area contributed by atoms with Crippen molar-refractivity contribution in [2.75, 3.05) is 13.6 Å². The predicted octanol–water partition coefficient (Wildman–Crippen LogP) is -0.342. The van der Waals surface area contributed by atoms with E-state index in [9.17, 15) is 0 Å². The largest absolute Gasteiger partial charge is 0.369 e. The number of nitrogens with one attached hydrogen (secondary N) is 1. The van der Waals surface area contributed by atoms with Crippen LogP contribution in [0, 0.1) is 28.8 Å². The molecule has 2 atom stereocenters. The zero-order valence-corrected chi connectivity index (χ0v) is 11.6. The summed E-state index contributed by atoms with van der Waals surface area (Å²) in [7, 11) is 1.58. The lowest BCUT2D eigenvalue weighted by atomic mass is 9.86. The van der Waals surface area contributed by atoms with E-state index in [2.05, 4.69) is 15.3 Å². The van der Waals surface area contributed by atoms with Gasteiger partial charge in [-0.1, -0.05) is 6.42 Å². The number of guanidine groups is 2. The molecule has 0 bridgehead atoms. The third-order valence-corrected chi connectivity index (χ3v) is 3.31. The summed E-state index contributed by atoms with van der Waals surface area (Å²) in [6.07, 6.45) is 7.54. The minimum Gasteiger partial charge on any atom is -0.369 e. The number of nitrogens with two attached hydrogens (primary N) is 2. The van der Waals surface area contributed by atoms with Crippen LogP contribution in [0.5, 0.6) is 0 Å². The number of nitriles is 2.